The van der Waals surface area contributed by atoms with E-state index in [0.29, 0.717) is 24.7 Å². The van der Waals surface area contributed by atoms with E-state index in [9.17, 15) is 15.0 Å². The number of ether oxygens (including phenoxy) is 1. The standard InChI is InChI=1S/C27H35N3O5/c1-34-21-6-7-24-23(17-21)22(10-12-28-24)25(31)8-4-19-11-15-30(18-20(19)5-9-27(32)33)14-2-3-26-29-13-16-35-26/h6-7,10,12-13,16-17,19-20,25,31H,2-5,8-9,11,14-15,18H2,1H3,(H,32,33)/t19-,20-,25-/m1/s1. The number of pyridine rings is 1. The molecule has 8 nitrogen and oxygen atoms in total. The Bertz CT molecular complexity index is 1090. The predicted molar refractivity (Wildman–Crippen MR) is 132 cm³/mol. The van der Waals surface area contributed by atoms with Crippen molar-refractivity contribution in [3.63, 3.8) is 0 Å². The van der Waals surface area contributed by atoms with Crippen LogP contribution in [0.1, 0.15) is 56.1 Å². The van der Waals surface area contributed by atoms with Crippen LogP contribution in [0.15, 0.2) is 47.3 Å². The number of benzene rings is 1. The lowest BCUT2D eigenvalue weighted by atomic mass is 9.79. The second-order valence-electron chi connectivity index (χ2n) is 9.45. The number of likely N-dealkylation sites (tertiary alicyclic amines) is 1. The Hall–Kier alpha value is -2.97. The van der Waals surface area contributed by atoms with Crippen molar-refractivity contribution in [2.45, 2.75) is 51.0 Å². The molecule has 1 aliphatic heterocycles. The summed E-state index contributed by atoms with van der Waals surface area (Å²) in [5.74, 6) is 1.46. The Morgan fingerprint density at radius 3 is 2.89 bits per heavy atom. The lowest BCUT2D eigenvalue weighted by Crippen LogP contribution is -2.41. The number of oxazole rings is 1. The van der Waals surface area contributed by atoms with Crippen molar-refractivity contribution in [2.75, 3.05) is 26.7 Å². The predicted octanol–water partition coefficient (Wildman–Crippen LogP) is 4.48. The molecule has 3 atom stereocenters. The van der Waals surface area contributed by atoms with E-state index in [0.717, 1.165) is 73.4 Å². The highest BCUT2D eigenvalue weighted by Crippen LogP contribution is 2.35. The SMILES string of the molecule is COc1ccc2nccc([C@H](O)CC[C@@H]3CCN(CCCc4ncco4)C[C@H]3CCC(=O)O)c2c1. The molecular formula is C27H35N3O5. The summed E-state index contributed by atoms with van der Waals surface area (Å²) < 4.78 is 10.7. The van der Waals surface area contributed by atoms with Crippen molar-refractivity contribution in [3.8, 4) is 5.75 Å². The first-order chi connectivity index (χ1) is 17.0. The number of fused-ring (bicyclic) bond motifs is 1. The Labute approximate surface area is 205 Å². The van der Waals surface area contributed by atoms with Gasteiger partial charge in [0.1, 0.15) is 12.0 Å². The monoisotopic (exact) mass is 481 g/mol. The Kier molecular flexibility index (Phi) is 8.71. The number of rotatable bonds is 12. The van der Waals surface area contributed by atoms with E-state index in [1.807, 2.05) is 24.3 Å². The molecule has 3 heterocycles. The minimum Gasteiger partial charge on any atom is -0.497 e. The summed E-state index contributed by atoms with van der Waals surface area (Å²) in [5.41, 5.74) is 1.69. The summed E-state index contributed by atoms with van der Waals surface area (Å²) >= 11 is 0. The molecule has 0 radical (unpaired) electrons. The minimum absolute atomic E-state index is 0.183. The molecule has 0 unspecified atom stereocenters. The van der Waals surface area contributed by atoms with Crippen molar-refractivity contribution in [2.24, 2.45) is 11.8 Å². The summed E-state index contributed by atoms with van der Waals surface area (Å²) in [5, 5.41) is 21.3. The topological polar surface area (TPSA) is 109 Å². The number of hydrogen-bond acceptors (Lipinski definition) is 7. The number of hydrogen-bond donors (Lipinski definition) is 2. The van der Waals surface area contributed by atoms with Crippen molar-refractivity contribution in [1.82, 2.24) is 14.9 Å². The summed E-state index contributed by atoms with van der Waals surface area (Å²) in [7, 11) is 1.63. The van der Waals surface area contributed by atoms with Gasteiger partial charge in [-0.15, -0.1) is 0 Å². The second kappa shape index (κ2) is 12.1. The highest BCUT2D eigenvalue weighted by atomic mass is 16.5. The van der Waals surface area contributed by atoms with Gasteiger partial charge in [-0.05, 0) is 86.9 Å². The zero-order chi connectivity index (χ0) is 24.6. The molecule has 2 N–H and O–H groups in total. The normalized spacial score (nSPS) is 19.6. The van der Waals surface area contributed by atoms with Gasteiger partial charge in [-0.3, -0.25) is 9.78 Å². The summed E-state index contributed by atoms with van der Waals surface area (Å²) in [6.07, 6.45) is 9.54. The maximum atomic E-state index is 11.3. The van der Waals surface area contributed by atoms with Crippen LogP contribution < -0.4 is 4.74 Å². The number of aliphatic hydroxyl groups excluding tert-OH is 1. The van der Waals surface area contributed by atoms with Gasteiger partial charge in [0.2, 0.25) is 0 Å². The van der Waals surface area contributed by atoms with E-state index in [4.69, 9.17) is 9.15 Å². The molecule has 0 bridgehead atoms. The van der Waals surface area contributed by atoms with Gasteiger partial charge >= 0.3 is 5.97 Å². The number of carboxylic acid groups (broad SMARTS) is 1. The smallest absolute Gasteiger partial charge is 0.303 e. The molecule has 0 spiro atoms. The number of aliphatic hydroxyl groups is 1. The molecule has 1 fully saturated rings. The number of aryl methyl sites for hydroxylation is 1. The Morgan fingerprint density at radius 1 is 1.23 bits per heavy atom. The molecule has 4 rings (SSSR count). The van der Waals surface area contributed by atoms with E-state index in [1.165, 1.54) is 0 Å². The van der Waals surface area contributed by atoms with Gasteiger partial charge in [0.05, 0.1) is 24.9 Å². The summed E-state index contributed by atoms with van der Waals surface area (Å²) in [6, 6.07) is 7.58. The fourth-order valence-electron chi connectivity index (χ4n) is 5.30. The van der Waals surface area contributed by atoms with Crippen LogP contribution in [0.5, 0.6) is 5.75 Å². The van der Waals surface area contributed by atoms with Gasteiger partial charge in [0.15, 0.2) is 5.89 Å². The van der Waals surface area contributed by atoms with Gasteiger partial charge in [-0.2, -0.15) is 0 Å². The number of aliphatic carboxylic acids is 1. The number of nitrogens with zero attached hydrogens (tertiary/aromatic N) is 3. The number of piperidine rings is 1. The van der Waals surface area contributed by atoms with Crippen LogP contribution in [0.25, 0.3) is 10.9 Å². The first-order valence-corrected chi connectivity index (χ1v) is 12.5. The van der Waals surface area contributed by atoms with Gasteiger partial charge in [-0.25, -0.2) is 4.98 Å². The molecular weight excluding hydrogens is 446 g/mol. The number of carboxylic acids is 1. The molecule has 3 aromatic rings. The molecule has 35 heavy (non-hydrogen) atoms. The van der Waals surface area contributed by atoms with E-state index in [1.54, 1.807) is 25.8 Å². The fourth-order valence-corrected chi connectivity index (χ4v) is 5.30. The van der Waals surface area contributed by atoms with Gasteiger partial charge in [-0.1, -0.05) is 0 Å². The van der Waals surface area contributed by atoms with Crippen LogP contribution in [0.2, 0.25) is 0 Å². The molecule has 2 aromatic heterocycles. The number of carbonyl (C=O) groups is 1. The van der Waals surface area contributed by atoms with Crippen LogP contribution in [-0.2, 0) is 11.2 Å². The molecule has 1 aromatic carbocycles. The lowest BCUT2D eigenvalue weighted by molar-refractivity contribution is -0.137. The Morgan fingerprint density at radius 2 is 2.11 bits per heavy atom. The van der Waals surface area contributed by atoms with Crippen LogP contribution in [-0.4, -0.2) is 57.8 Å². The van der Waals surface area contributed by atoms with Crippen LogP contribution in [0.4, 0.5) is 0 Å². The van der Waals surface area contributed by atoms with E-state index < -0.39 is 12.1 Å². The highest BCUT2D eigenvalue weighted by Gasteiger charge is 2.30. The van der Waals surface area contributed by atoms with Crippen molar-refractivity contribution < 1.29 is 24.2 Å². The Balaban J connectivity index is 1.36. The average Bonchev–Trinajstić information content (AvgIpc) is 3.39. The summed E-state index contributed by atoms with van der Waals surface area (Å²) in [4.78, 5) is 22.3. The zero-order valence-corrected chi connectivity index (χ0v) is 20.3. The van der Waals surface area contributed by atoms with Crippen molar-refractivity contribution in [3.05, 3.63) is 54.4 Å². The third-order valence-corrected chi connectivity index (χ3v) is 7.21. The van der Waals surface area contributed by atoms with E-state index in [-0.39, 0.29) is 6.42 Å². The maximum Gasteiger partial charge on any atom is 0.303 e. The largest absolute Gasteiger partial charge is 0.497 e. The highest BCUT2D eigenvalue weighted by molar-refractivity contribution is 5.83. The van der Waals surface area contributed by atoms with Gasteiger partial charge in [0, 0.05) is 31.0 Å². The lowest BCUT2D eigenvalue weighted by Gasteiger charge is -2.39. The minimum atomic E-state index is -0.748. The van der Waals surface area contributed by atoms with Crippen LogP contribution in [0.3, 0.4) is 0 Å². The molecule has 1 aliphatic rings. The maximum absolute atomic E-state index is 11.3. The van der Waals surface area contributed by atoms with E-state index in [2.05, 4.69) is 14.9 Å². The van der Waals surface area contributed by atoms with Crippen LogP contribution >= 0.6 is 0 Å². The van der Waals surface area contributed by atoms with Crippen LogP contribution in [0, 0.1) is 11.8 Å². The third kappa shape index (κ3) is 6.80. The molecule has 188 valence electrons. The van der Waals surface area contributed by atoms with Gasteiger partial charge < -0.3 is 24.3 Å². The van der Waals surface area contributed by atoms with Gasteiger partial charge in [0.25, 0.3) is 0 Å². The molecule has 1 saturated heterocycles. The molecule has 0 aliphatic carbocycles. The first kappa shape index (κ1) is 25.1. The van der Waals surface area contributed by atoms with Crippen molar-refractivity contribution >= 4 is 16.9 Å². The quantitative estimate of drug-likeness (QED) is 0.390. The number of methoxy groups -OCH3 is 1. The zero-order valence-electron chi connectivity index (χ0n) is 20.3. The third-order valence-electron chi connectivity index (χ3n) is 7.21. The molecule has 8 heteroatoms. The molecule has 0 saturated carbocycles. The average molecular weight is 482 g/mol. The fraction of sp³-hybridized carbons (Fsp3) is 0.519. The summed E-state index contributed by atoms with van der Waals surface area (Å²) in [6.45, 7) is 2.84. The molecule has 0 amide bonds. The second-order valence-corrected chi connectivity index (χ2v) is 9.45. The first-order valence-electron chi connectivity index (χ1n) is 12.5. The number of aromatic nitrogens is 2. The van der Waals surface area contributed by atoms with Crippen molar-refractivity contribution in [1.29, 1.82) is 0 Å². The van der Waals surface area contributed by atoms with E-state index >= 15 is 0 Å².